The van der Waals surface area contributed by atoms with Crippen LogP contribution in [0.4, 0.5) is 17.6 Å². The fourth-order valence-electron chi connectivity index (χ4n) is 2.56. The average Bonchev–Trinajstić information content (AvgIpc) is 2.79. The minimum absolute atomic E-state index is 0.175. The molecule has 7 heteroatoms. The van der Waals surface area contributed by atoms with E-state index in [0.29, 0.717) is 31.7 Å². The monoisotopic (exact) mass is 306 g/mol. The van der Waals surface area contributed by atoms with Crippen molar-refractivity contribution in [2.75, 3.05) is 26.2 Å². The van der Waals surface area contributed by atoms with Crippen molar-refractivity contribution in [2.45, 2.75) is 19.1 Å². The summed E-state index contributed by atoms with van der Waals surface area (Å²) in [6, 6.07) is 4.13. The van der Waals surface area contributed by atoms with Gasteiger partial charge in [-0.25, -0.2) is 4.39 Å². The summed E-state index contributed by atoms with van der Waals surface area (Å²) in [6.45, 7) is 1.05. The molecule has 1 aliphatic rings. The van der Waals surface area contributed by atoms with Crippen LogP contribution >= 0.6 is 0 Å². The molecular weight excluding hydrogens is 288 g/mol. The first-order valence-electron chi connectivity index (χ1n) is 6.81. The molecule has 1 aromatic carbocycles. The maximum Gasteiger partial charge on any atom is 0.401 e. The van der Waals surface area contributed by atoms with Gasteiger partial charge in [0, 0.05) is 13.1 Å². The number of alkyl halides is 3. The molecule has 0 aliphatic carbocycles. The van der Waals surface area contributed by atoms with Crippen LogP contribution in [0.25, 0.3) is 0 Å². The molecule has 1 aromatic rings. The molecule has 1 atom stereocenters. The zero-order valence-electron chi connectivity index (χ0n) is 11.5. The second-order valence-electron chi connectivity index (χ2n) is 5.42. The Labute approximate surface area is 120 Å². The van der Waals surface area contributed by atoms with Crippen LogP contribution in [0.1, 0.15) is 12.0 Å². The van der Waals surface area contributed by atoms with Gasteiger partial charge in [0.05, 0.1) is 6.54 Å². The second-order valence-corrected chi connectivity index (χ2v) is 5.42. The van der Waals surface area contributed by atoms with Gasteiger partial charge in [-0.15, -0.1) is 0 Å². The molecule has 0 aromatic heterocycles. The van der Waals surface area contributed by atoms with E-state index in [1.165, 1.54) is 17.0 Å². The van der Waals surface area contributed by atoms with Crippen LogP contribution in [0.15, 0.2) is 18.2 Å². The molecule has 118 valence electrons. The number of halogens is 4. The van der Waals surface area contributed by atoms with Crippen LogP contribution < -0.4 is 5.32 Å². The van der Waals surface area contributed by atoms with Crippen molar-refractivity contribution in [3.8, 4) is 5.75 Å². The quantitative estimate of drug-likeness (QED) is 0.821. The van der Waals surface area contributed by atoms with E-state index in [2.05, 4.69) is 5.32 Å². The zero-order chi connectivity index (χ0) is 15.5. The highest BCUT2D eigenvalue weighted by atomic mass is 19.4. The molecule has 1 saturated heterocycles. The lowest BCUT2D eigenvalue weighted by atomic mass is 10.1. The first-order valence-corrected chi connectivity index (χ1v) is 6.81. The second kappa shape index (κ2) is 6.62. The Balaban J connectivity index is 1.71. The number of likely N-dealkylation sites (tertiary alicyclic amines) is 1. The Morgan fingerprint density at radius 1 is 1.33 bits per heavy atom. The number of rotatable bonds is 5. The maximum atomic E-state index is 13.1. The predicted octanol–water partition coefficient (Wildman–Crippen LogP) is 2.51. The minimum Gasteiger partial charge on any atom is -0.505 e. The van der Waals surface area contributed by atoms with Crippen molar-refractivity contribution in [2.24, 2.45) is 5.92 Å². The molecule has 0 radical (unpaired) electrons. The molecule has 3 nitrogen and oxygen atoms in total. The molecule has 1 unspecified atom stereocenters. The summed E-state index contributed by atoms with van der Waals surface area (Å²) in [6.07, 6.45) is -3.42. The molecule has 2 rings (SSSR count). The lowest BCUT2D eigenvalue weighted by Crippen LogP contribution is -2.33. The van der Waals surface area contributed by atoms with E-state index in [1.807, 2.05) is 0 Å². The molecule has 1 fully saturated rings. The molecule has 1 heterocycles. The van der Waals surface area contributed by atoms with E-state index in [-0.39, 0.29) is 5.92 Å². The van der Waals surface area contributed by atoms with Crippen LogP contribution in [-0.4, -0.2) is 42.4 Å². The van der Waals surface area contributed by atoms with Gasteiger partial charge in [-0.2, -0.15) is 13.2 Å². The van der Waals surface area contributed by atoms with Crippen LogP contribution in [0.3, 0.4) is 0 Å². The van der Waals surface area contributed by atoms with Gasteiger partial charge in [-0.05, 0) is 43.1 Å². The SMILES string of the molecule is Oc1ccc(CNCC2CCN(CC(F)(F)F)C2)cc1F. The molecule has 21 heavy (non-hydrogen) atoms. The van der Waals surface area contributed by atoms with E-state index in [1.54, 1.807) is 6.07 Å². The van der Waals surface area contributed by atoms with Crippen molar-refractivity contribution in [3.05, 3.63) is 29.6 Å². The highest BCUT2D eigenvalue weighted by Gasteiger charge is 2.34. The zero-order valence-corrected chi connectivity index (χ0v) is 11.5. The number of phenols is 1. The molecule has 0 spiro atoms. The maximum absolute atomic E-state index is 13.1. The number of phenolic OH excluding ortho intramolecular Hbond substituents is 1. The summed E-state index contributed by atoms with van der Waals surface area (Å²) in [4.78, 5) is 1.41. The highest BCUT2D eigenvalue weighted by Crippen LogP contribution is 2.22. The van der Waals surface area contributed by atoms with Gasteiger partial charge in [0.15, 0.2) is 11.6 Å². The lowest BCUT2D eigenvalue weighted by Gasteiger charge is -2.18. The number of nitrogens with one attached hydrogen (secondary N) is 1. The van der Waals surface area contributed by atoms with E-state index in [0.717, 1.165) is 6.42 Å². The van der Waals surface area contributed by atoms with Crippen molar-refractivity contribution in [1.29, 1.82) is 0 Å². The van der Waals surface area contributed by atoms with Crippen LogP contribution in [0.5, 0.6) is 5.75 Å². The Bertz CT molecular complexity index is 479. The Morgan fingerprint density at radius 2 is 2.10 bits per heavy atom. The van der Waals surface area contributed by atoms with Crippen LogP contribution in [-0.2, 0) is 6.54 Å². The predicted molar refractivity (Wildman–Crippen MR) is 70.4 cm³/mol. The Kier molecular flexibility index (Phi) is 5.05. The van der Waals surface area contributed by atoms with Gasteiger partial charge in [-0.1, -0.05) is 6.07 Å². The standard InChI is InChI=1S/C14H18F4N2O/c15-12-5-10(1-2-13(12)21)6-19-7-11-3-4-20(8-11)9-14(16,17)18/h1-2,5,11,19,21H,3-4,6-9H2. The number of hydrogen-bond acceptors (Lipinski definition) is 3. The normalized spacial score (nSPS) is 20.1. The number of nitrogens with zero attached hydrogens (tertiary/aromatic N) is 1. The van der Waals surface area contributed by atoms with E-state index >= 15 is 0 Å². The van der Waals surface area contributed by atoms with Gasteiger partial charge in [-0.3, -0.25) is 4.90 Å². The Hall–Kier alpha value is -1.34. The summed E-state index contributed by atoms with van der Waals surface area (Å²) in [7, 11) is 0. The van der Waals surface area contributed by atoms with Gasteiger partial charge in [0.2, 0.25) is 0 Å². The summed E-state index contributed by atoms with van der Waals surface area (Å²) < 4.78 is 49.9. The van der Waals surface area contributed by atoms with Crippen molar-refractivity contribution in [1.82, 2.24) is 10.2 Å². The first kappa shape index (κ1) is 16.0. The number of hydrogen-bond donors (Lipinski definition) is 2. The van der Waals surface area contributed by atoms with Crippen molar-refractivity contribution >= 4 is 0 Å². The summed E-state index contributed by atoms with van der Waals surface area (Å²) in [5, 5.41) is 12.2. The fourth-order valence-corrected chi connectivity index (χ4v) is 2.56. The summed E-state index contributed by atoms with van der Waals surface area (Å²) in [5.41, 5.74) is 0.690. The van der Waals surface area contributed by atoms with Crippen molar-refractivity contribution in [3.63, 3.8) is 0 Å². The molecule has 0 saturated carbocycles. The molecule has 2 N–H and O–H groups in total. The molecule has 0 amide bonds. The molecule has 0 bridgehead atoms. The van der Waals surface area contributed by atoms with Gasteiger partial charge >= 0.3 is 6.18 Å². The largest absolute Gasteiger partial charge is 0.505 e. The third-order valence-electron chi connectivity index (χ3n) is 3.55. The smallest absolute Gasteiger partial charge is 0.401 e. The van der Waals surface area contributed by atoms with Gasteiger partial charge < -0.3 is 10.4 Å². The molecule has 1 aliphatic heterocycles. The van der Waals surface area contributed by atoms with E-state index < -0.39 is 24.3 Å². The van der Waals surface area contributed by atoms with Crippen LogP contribution in [0.2, 0.25) is 0 Å². The summed E-state index contributed by atoms with van der Waals surface area (Å²) >= 11 is 0. The van der Waals surface area contributed by atoms with E-state index in [9.17, 15) is 17.6 Å². The lowest BCUT2D eigenvalue weighted by molar-refractivity contribution is -0.143. The third-order valence-corrected chi connectivity index (χ3v) is 3.55. The van der Waals surface area contributed by atoms with Gasteiger partial charge in [0.25, 0.3) is 0 Å². The number of benzene rings is 1. The summed E-state index contributed by atoms with van der Waals surface area (Å²) in [5.74, 6) is -0.891. The third kappa shape index (κ3) is 5.17. The number of aromatic hydroxyl groups is 1. The average molecular weight is 306 g/mol. The fraction of sp³-hybridized carbons (Fsp3) is 0.571. The first-order chi connectivity index (χ1) is 9.83. The van der Waals surface area contributed by atoms with Crippen molar-refractivity contribution < 1.29 is 22.7 Å². The topological polar surface area (TPSA) is 35.5 Å². The minimum atomic E-state index is -4.15. The van der Waals surface area contributed by atoms with Crippen LogP contribution in [0, 0.1) is 11.7 Å². The van der Waals surface area contributed by atoms with E-state index in [4.69, 9.17) is 5.11 Å². The Morgan fingerprint density at radius 3 is 2.76 bits per heavy atom. The molecular formula is C14H18F4N2O. The highest BCUT2D eigenvalue weighted by molar-refractivity contribution is 5.27. The van der Waals surface area contributed by atoms with Gasteiger partial charge in [0.1, 0.15) is 0 Å².